The molecule has 0 amide bonds. The SMILES string of the molecule is CCC(=O)CC1(N2CCC(C[C@@H]3CC3c3ccccc3)CC2)CN(CC2CC2)C1. The molecule has 0 radical (unpaired) electrons. The Balaban J connectivity index is 1.12. The van der Waals surface area contributed by atoms with Gasteiger partial charge in [0.15, 0.2) is 0 Å². The second kappa shape index (κ2) is 8.15. The summed E-state index contributed by atoms with van der Waals surface area (Å²) >= 11 is 0. The Morgan fingerprint density at radius 3 is 2.41 bits per heavy atom. The van der Waals surface area contributed by atoms with Gasteiger partial charge in [-0.05, 0) is 80.8 Å². The van der Waals surface area contributed by atoms with Crippen LogP contribution in [0.3, 0.4) is 0 Å². The van der Waals surface area contributed by atoms with E-state index in [4.69, 9.17) is 0 Å². The lowest BCUT2D eigenvalue weighted by atomic mass is 9.79. The van der Waals surface area contributed by atoms with Gasteiger partial charge in [-0.2, -0.15) is 0 Å². The highest BCUT2D eigenvalue weighted by atomic mass is 16.1. The topological polar surface area (TPSA) is 23.6 Å². The Kier molecular flexibility index (Phi) is 5.55. The van der Waals surface area contributed by atoms with E-state index < -0.39 is 0 Å². The fourth-order valence-corrected chi connectivity index (χ4v) is 6.18. The molecule has 4 aliphatic rings. The van der Waals surface area contributed by atoms with Crippen molar-refractivity contribution in [3.05, 3.63) is 35.9 Å². The Bertz CT molecular complexity index is 699. The molecule has 2 aliphatic carbocycles. The highest BCUT2D eigenvalue weighted by molar-refractivity contribution is 5.79. The lowest BCUT2D eigenvalue weighted by Gasteiger charge is -2.57. The van der Waals surface area contributed by atoms with Crippen LogP contribution in [-0.2, 0) is 4.79 Å². The fraction of sp³-hybridized carbons (Fsp3) is 0.731. The number of Topliss-reactive ketones (excluding diaryl/α,β-unsaturated/α-hetero) is 1. The van der Waals surface area contributed by atoms with Crippen LogP contribution in [0.4, 0.5) is 0 Å². The molecule has 4 fully saturated rings. The average Bonchev–Trinajstić information content (AvgIpc) is 3.64. The van der Waals surface area contributed by atoms with Crippen LogP contribution >= 0.6 is 0 Å². The number of carbonyl (C=O) groups excluding carboxylic acids is 1. The van der Waals surface area contributed by atoms with E-state index in [0.29, 0.717) is 12.2 Å². The van der Waals surface area contributed by atoms with Gasteiger partial charge in [0.2, 0.25) is 0 Å². The van der Waals surface area contributed by atoms with Gasteiger partial charge in [0.1, 0.15) is 5.78 Å². The molecule has 1 unspecified atom stereocenters. The van der Waals surface area contributed by atoms with E-state index in [1.54, 1.807) is 5.56 Å². The van der Waals surface area contributed by atoms with Crippen molar-refractivity contribution in [2.75, 3.05) is 32.7 Å². The van der Waals surface area contributed by atoms with Crippen LogP contribution in [0.5, 0.6) is 0 Å². The molecule has 2 saturated carbocycles. The number of likely N-dealkylation sites (tertiary alicyclic amines) is 2. The van der Waals surface area contributed by atoms with E-state index >= 15 is 0 Å². The predicted molar refractivity (Wildman–Crippen MR) is 118 cm³/mol. The van der Waals surface area contributed by atoms with Gasteiger partial charge in [-0.15, -0.1) is 0 Å². The van der Waals surface area contributed by atoms with Crippen molar-refractivity contribution < 1.29 is 4.79 Å². The molecule has 5 rings (SSSR count). The van der Waals surface area contributed by atoms with Crippen LogP contribution in [0, 0.1) is 17.8 Å². The van der Waals surface area contributed by atoms with Crippen LogP contribution < -0.4 is 0 Å². The predicted octanol–water partition coefficient (Wildman–Crippen LogP) is 4.73. The van der Waals surface area contributed by atoms with Crippen molar-refractivity contribution in [1.29, 1.82) is 0 Å². The Labute approximate surface area is 176 Å². The molecule has 2 aliphatic heterocycles. The summed E-state index contributed by atoms with van der Waals surface area (Å²) < 4.78 is 0. The van der Waals surface area contributed by atoms with Gasteiger partial charge < -0.3 is 0 Å². The zero-order valence-corrected chi connectivity index (χ0v) is 18.2. The van der Waals surface area contributed by atoms with Crippen LogP contribution in [0.2, 0.25) is 0 Å². The minimum absolute atomic E-state index is 0.166. The van der Waals surface area contributed by atoms with E-state index in [9.17, 15) is 4.79 Å². The van der Waals surface area contributed by atoms with E-state index in [2.05, 4.69) is 40.1 Å². The van der Waals surface area contributed by atoms with Gasteiger partial charge in [0.05, 0.1) is 5.54 Å². The summed E-state index contributed by atoms with van der Waals surface area (Å²) in [6.07, 6.45) is 9.82. The Morgan fingerprint density at radius 2 is 1.76 bits per heavy atom. The maximum absolute atomic E-state index is 12.3. The summed E-state index contributed by atoms with van der Waals surface area (Å²) in [5.74, 6) is 4.05. The van der Waals surface area contributed by atoms with Crippen molar-refractivity contribution >= 4 is 5.78 Å². The fourth-order valence-electron chi connectivity index (χ4n) is 6.18. The number of hydrogen-bond donors (Lipinski definition) is 0. The van der Waals surface area contributed by atoms with Gasteiger partial charge in [-0.1, -0.05) is 37.3 Å². The molecule has 0 aromatic heterocycles. The number of ketones is 1. The zero-order valence-electron chi connectivity index (χ0n) is 18.2. The molecule has 29 heavy (non-hydrogen) atoms. The van der Waals surface area contributed by atoms with Gasteiger partial charge in [-0.3, -0.25) is 14.6 Å². The molecule has 2 atom stereocenters. The monoisotopic (exact) mass is 394 g/mol. The summed E-state index contributed by atoms with van der Waals surface area (Å²) in [5, 5.41) is 0. The Morgan fingerprint density at radius 1 is 1.03 bits per heavy atom. The molecular formula is C26H38N2O. The van der Waals surface area contributed by atoms with Gasteiger partial charge >= 0.3 is 0 Å². The Hall–Kier alpha value is -1.19. The number of carbonyl (C=O) groups is 1. The van der Waals surface area contributed by atoms with Gasteiger partial charge in [0.25, 0.3) is 0 Å². The van der Waals surface area contributed by atoms with Crippen molar-refractivity contribution in [1.82, 2.24) is 9.80 Å². The third kappa shape index (κ3) is 4.46. The second-order valence-electron chi connectivity index (χ2n) is 10.6. The molecule has 0 spiro atoms. The number of nitrogens with zero attached hydrogens (tertiary/aromatic N) is 2. The normalized spacial score (nSPS) is 30.1. The highest BCUT2D eigenvalue weighted by Gasteiger charge is 2.50. The maximum atomic E-state index is 12.3. The second-order valence-corrected chi connectivity index (χ2v) is 10.6. The molecule has 2 heterocycles. The smallest absolute Gasteiger partial charge is 0.134 e. The number of rotatable bonds is 9. The van der Waals surface area contributed by atoms with Crippen LogP contribution in [0.15, 0.2) is 30.3 Å². The molecule has 3 nitrogen and oxygen atoms in total. The van der Waals surface area contributed by atoms with Crippen molar-refractivity contribution in [3.8, 4) is 0 Å². The van der Waals surface area contributed by atoms with Crippen molar-refractivity contribution in [3.63, 3.8) is 0 Å². The highest BCUT2D eigenvalue weighted by Crippen LogP contribution is 2.52. The minimum Gasteiger partial charge on any atom is -0.300 e. The van der Waals surface area contributed by atoms with E-state index in [0.717, 1.165) is 43.2 Å². The van der Waals surface area contributed by atoms with Gasteiger partial charge in [-0.25, -0.2) is 0 Å². The van der Waals surface area contributed by atoms with Crippen LogP contribution in [0.25, 0.3) is 0 Å². The number of hydrogen-bond acceptors (Lipinski definition) is 3. The maximum Gasteiger partial charge on any atom is 0.134 e. The van der Waals surface area contributed by atoms with Crippen LogP contribution in [0.1, 0.15) is 69.8 Å². The summed E-state index contributed by atoms with van der Waals surface area (Å²) in [7, 11) is 0. The average molecular weight is 395 g/mol. The van der Waals surface area contributed by atoms with E-state index in [1.165, 1.54) is 58.2 Å². The summed E-state index contributed by atoms with van der Waals surface area (Å²) in [6.45, 7) is 8.00. The first-order chi connectivity index (χ1) is 14.1. The molecule has 0 bridgehead atoms. The zero-order chi connectivity index (χ0) is 19.8. The van der Waals surface area contributed by atoms with Crippen molar-refractivity contribution in [2.24, 2.45) is 17.8 Å². The van der Waals surface area contributed by atoms with Gasteiger partial charge in [0, 0.05) is 32.5 Å². The summed E-state index contributed by atoms with van der Waals surface area (Å²) in [6, 6.07) is 11.1. The molecule has 158 valence electrons. The molecule has 3 heteroatoms. The molecule has 0 N–H and O–H groups in total. The molecule has 2 saturated heterocycles. The molecular weight excluding hydrogens is 356 g/mol. The number of benzene rings is 1. The largest absolute Gasteiger partial charge is 0.300 e. The third-order valence-electron chi connectivity index (χ3n) is 8.24. The van der Waals surface area contributed by atoms with E-state index in [-0.39, 0.29) is 5.54 Å². The summed E-state index contributed by atoms with van der Waals surface area (Å²) in [5.41, 5.74) is 1.72. The van der Waals surface area contributed by atoms with E-state index in [1.807, 2.05) is 6.92 Å². The van der Waals surface area contributed by atoms with Crippen molar-refractivity contribution in [2.45, 2.75) is 69.7 Å². The standard InChI is InChI=1S/C26H38N2O/c1-2-24(29)16-26(18-27(19-26)17-21-8-9-21)28-12-10-20(11-13-28)14-23-15-25(23)22-6-4-3-5-7-22/h3-7,20-21,23,25H,2,8-19H2,1H3/t23-,25?/m1/s1. The molecule has 1 aromatic rings. The number of piperidine rings is 1. The summed E-state index contributed by atoms with van der Waals surface area (Å²) in [4.78, 5) is 17.7. The first-order valence-electron chi connectivity index (χ1n) is 12.2. The lowest BCUT2D eigenvalue weighted by molar-refractivity contribution is -0.129. The molecule has 1 aromatic carbocycles. The quantitative estimate of drug-likeness (QED) is 0.605. The lowest BCUT2D eigenvalue weighted by Crippen LogP contribution is -2.71. The first kappa shape index (κ1) is 19.8. The third-order valence-corrected chi connectivity index (χ3v) is 8.24. The first-order valence-corrected chi connectivity index (χ1v) is 12.2. The minimum atomic E-state index is 0.166. The van der Waals surface area contributed by atoms with Crippen LogP contribution in [-0.4, -0.2) is 53.8 Å².